The number of pyridine rings is 1. The van der Waals surface area contributed by atoms with Crippen molar-refractivity contribution < 1.29 is 13.2 Å². The van der Waals surface area contributed by atoms with E-state index in [4.69, 9.17) is 5.73 Å². The average molecular weight is 308 g/mol. The molecule has 1 unspecified atom stereocenters. The molecule has 0 spiro atoms. The summed E-state index contributed by atoms with van der Waals surface area (Å²) in [6.45, 7) is 1.47. The molecule has 0 bridgehead atoms. The van der Waals surface area contributed by atoms with Gasteiger partial charge in [0.15, 0.2) is 0 Å². The summed E-state index contributed by atoms with van der Waals surface area (Å²) in [5.41, 5.74) is 6.18. The molecule has 7 nitrogen and oxygen atoms in total. The number of fused-ring (bicyclic) bond motifs is 1. The molecule has 1 heterocycles. The summed E-state index contributed by atoms with van der Waals surface area (Å²) < 4.78 is 26.8. The van der Waals surface area contributed by atoms with Crippen LogP contribution in [0.4, 0.5) is 5.82 Å². The van der Waals surface area contributed by atoms with Gasteiger partial charge in [0.1, 0.15) is 5.82 Å². The highest BCUT2D eigenvalue weighted by Gasteiger charge is 2.21. The van der Waals surface area contributed by atoms with E-state index >= 15 is 0 Å². The van der Waals surface area contributed by atoms with Crippen molar-refractivity contribution in [2.75, 3.05) is 12.8 Å². The Bertz CT molecular complexity index is 789. The molecule has 0 aliphatic heterocycles. The lowest BCUT2D eigenvalue weighted by molar-refractivity contribution is -0.121. The largest absolute Gasteiger partial charge is 0.384 e. The lowest BCUT2D eigenvalue weighted by Gasteiger charge is -2.13. The molecular weight excluding hydrogens is 292 g/mol. The van der Waals surface area contributed by atoms with E-state index in [1.165, 1.54) is 26.1 Å². The van der Waals surface area contributed by atoms with Crippen molar-refractivity contribution in [3.05, 3.63) is 30.3 Å². The average Bonchev–Trinajstić information content (AvgIpc) is 2.45. The van der Waals surface area contributed by atoms with Gasteiger partial charge in [0, 0.05) is 12.4 Å². The van der Waals surface area contributed by atoms with Crippen LogP contribution in [-0.2, 0) is 14.8 Å². The second-order valence-corrected chi connectivity index (χ2v) is 6.26. The molecule has 0 saturated carbocycles. The molecule has 0 radical (unpaired) electrons. The zero-order valence-corrected chi connectivity index (χ0v) is 12.4. The number of nitrogens with zero attached hydrogens (tertiary/aromatic N) is 1. The maximum absolute atomic E-state index is 12.2. The highest BCUT2D eigenvalue weighted by molar-refractivity contribution is 7.89. The molecule has 0 aliphatic carbocycles. The van der Waals surface area contributed by atoms with Gasteiger partial charge in [-0.05, 0) is 37.3 Å². The number of anilines is 1. The third kappa shape index (κ3) is 3.29. The van der Waals surface area contributed by atoms with Gasteiger partial charge in [-0.3, -0.25) is 4.79 Å². The van der Waals surface area contributed by atoms with Crippen LogP contribution in [0.2, 0.25) is 0 Å². The SMILES string of the molecule is CNC(=O)C(C)NS(=O)(=O)c1ccc2nc(N)ccc2c1. The van der Waals surface area contributed by atoms with Gasteiger partial charge < -0.3 is 11.1 Å². The second kappa shape index (κ2) is 5.66. The van der Waals surface area contributed by atoms with Crippen LogP contribution in [0.5, 0.6) is 0 Å². The Kier molecular flexibility index (Phi) is 4.10. The summed E-state index contributed by atoms with van der Waals surface area (Å²) in [6.07, 6.45) is 0. The number of rotatable bonds is 4. The summed E-state index contributed by atoms with van der Waals surface area (Å²) in [7, 11) is -2.34. The standard InChI is InChI=1S/C13H16N4O3S/c1-8(13(18)15-2)17-21(19,20)10-4-5-11-9(7-10)3-6-12(14)16-11/h3-8,17H,1-2H3,(H2,14,16)(H,15,18). The first-order chi connectivity index (χ1) is 9.83. The highest BCUT2D eigenvalue weighted by atomic mass is 32.2. The van der Waals surface area contributed by atoms with Crippen molar-refractivity contribution in [2.45, 2.75) is 17.9 Å². The summed E-state index contributed by atoms with van der Waals surface area (Å²) >= 11 is 0. The lowest BCUT2D eigenvalue weighted by atomic mass is 10.2. The second-order valence-electron chi connectivity index (χ2n) is 4.55. The zero-order valence-electron chi connectivity index (χ0n) is 11.6. The number of nitrogens with one attached hydrogen (secondary N) is 2. The fourth-order valence-electron chi connectivity index (χ4n) is 1.86. The van der Waals surface area contributed by atoms with E-state index in [0.29, 0.717) is 16.7 Å². The van der Waals surface area contributed by atoms with E-state index in [-0.39, 0.29) is 4.90 Å². The van der Waals surface area contributed by atoms with Crippen molar-refractivity contribution in [1.82, 2.24) is 15.0 Å². The minimum absolute atomic E-state index is 0.0670. The van der Waals surface area contributed by atoms with Crippen LogP contribution in [0.1, 0.15) is 6.92 Å². The smallest absolute Gasteiger partial charge is 0.241 e. The molecular formula is C13H16N4O3S. The number of likely N-dealkylation sites (N-methyl/N-ethyl adjacent to an activating group) is 1. The molecule has 0 aliphatic rings. The molecule has 1 atom stereocenters. The summed E-state index contributed by atoms with van der Waals surface area (Å²) in [5, 5.41) is 3.04. The van der Waals surface area contributed by atoms with Gasteiger partial charge in [-0.25, -0.2) is 13.4 Å². The Morgan fingerprint density at radius 1 is 1.29 bits per heavy atom. The lowest BCUT2D eigenvalue weighted by Crippen LogP contribution is -2.43. The number of benzene rings is 1. The van der Waals surface area contributed by atoms with Crippen molar-refractivity contribution >= 4 is 32.7 Å². The minimum Gasteiger partial charge on any atom is -0.384 e. The van der Waals surface area contributed by atoms with Crippen molar-refractivity contribution in [2.24, 2.45) is 0 Å². The Balaban J connectivity index is 2.36. The third-order valence-corrected chi connectivity index (χ3v) is 4.50. The van der Waals surface area contributed by atoms with Crippen LogP contribution in [0.25, 0.3) is 10.9 Å². The fraction of sp³-hybridized carbons (Fsp3) is 0.231. The summed E-state index contributed by atoms with van der Waals surface area (Å²) in [5.74, 6) is -0.0433. The van der Waals surface area contributed by atoms with Gasteiger partial charge in [0.2, 0.25) is 15.9 Å². The monoisotopic (exact) mass is 308 g/mol. The minimum atomic E-state index is -3.79. The molecule has 2 rings (SSSR count). The molecule has 4 N–H and O–H groups in total. The van der Waals surface area contributed by atoms with Crippen LogP contribution < -0.4 is 15.8 Å². The van der Waals surface area contributed by atoms with E-state index in [9.17, 15) is 13.2 Å². The number of nitrogens with two attached hydrogens (primary N) is 1. The Morgan fingerprint density at radius 2 is 2.00 bits per heavy atom. The predicted molar refractivity (Wildman–Crippen MR) is 80.0 cm³/mol. The maximum Gasteiger partial charge on any atom is 0.241 e. The van der Waals surface area contributed by atoms with Crippen molar-refractivity contribution in [1.29, 1.82) is 0 Å². The van der Waals surface area contributed by atoms with E-state index in [1.54, 1.807) is 18.2 Å². The Hall–Kier alpha value is -2.19. The summed E-state index contributed by atoms with van der Waals surface area (Å²) in [4.78, 5) is 15.6. The van der Waals surface area contributed by atoms with Crippen LogP contribution >= 0.6 is 0 Å². The number of hydrogen-bond acceptors (Lipinski definition) is 5. The molecule has 2 aromatic rings. The van der Waals surface area contributed by atoms with Gasteiger partial charge in [-0.1, -0.05) is 0 Å². The number of carbonyl (C=O) groups is 1. The topological polar surface area (TPSA) is 114 Å². The summed E-state index contributed by atoms with van der Waals surface area (Å²) in [6, 6.07) is 6.91. The number of aromatic nitrogens is 1. The van der Waals surface area contributed by atoms with Gasteiger partial charge in [0.05, 0.1) is 16.5 Å². The van der Waals surface area contributed by atoms with E-state index in [2.05, 4.69) is 15.0 Å². The highest BCUT2D eigenvalue weighted by Crippen LogP contribution is 2.19. The van der Waals surface area contributed by atoms with Gasteiger partial charge in [-0.2, -0.15) is 4.72 Å². The first-order valence-corrected chi connectivity index (χ1v) is 7.72. The van der Waals surface area contributed by atoms with E-state index < -0.39 is 22.0 Å². The van der Waals surface area contributed by atoms with Crippen LogP contribution in [0.3, 0.4) is 0 Å². The molecule has 1 aromatic carbocycles. The number of nitrogen functional groups attached to an aromatic ring is 1. The fourth-order valence-corrected chi connectivity index (χ4v) is 3.10. The molecule has 21 heavy (non-hydrogen) atoms. The van der Waals surface area contributed by atoms with Crippen LogP contribution in [0.15, 0.2) is 35.2 Å². The molecule has 1 aromatic heterocycles. The number of amides is 1. The van der Waals surface area contributed by atoms with Gasteiger partial charge in [0.25, 0.3) is 0 Å². The quantitative estimate of drug-likeness (QED) is 0.748. The molecule has 8 heteroatoms. The normalized spacial score (nSPS) is 13.0. The number of carbonyl (C=O) groups excluding carboxylic acids is 1. The molecule has 0 fully saturated rings. The Morgan fingerprint density at radius 3 is 2.67 bits per heavy atom. The predicted octanol–water partition coefficient (Wildman–Crippen LogP) is 0.230. The Labute approximate surface area is 122 Å². The zero-order chi connectivity index (χ0) is 15.6. The van der Waals surface area contributed by atoms with E-state index in [1.807, 2.05) is 0 Å². The van der Waals surface area contributed by atoms with Crippen LogP contribution in [0, 0.1) is 0 Å². The number of sulfonamides is 1. The van der Waals surface area contributed by atoms with E-state index in [0.717, 1.165) is 0 Å². The van der Waals surface area contributed by atoms with Gasteiger partial charge in [-0.15, -0.1) is 0 Å². The number of hydrogen-bond donors (Lipinski definition) is 3. The molecule has 112 valence electrons. The van der Waals surface area contributed by atoms with Crippen molar-refractivity contribution in [3.8, 4) is 0 Å². The van der Waals surface area contributed by atoms with Crippen LogP contribution in [-0.4, -0.2) is 32.4 Å². The van der Waals surface area contributed by atoms with Crippen molar-refractivity contribution in [3.63, 3.8) is 0 Å². The maximum atomic E-state index is 12.2. The molecule has 1 amide bonds. The molecule has 0 saturated heterocycles. The van der Waals surface area contributed by atoms with Gasteiger partial charge >= 0.3 is 0 Å². The first kappa shape index (κ1) is 15.2. The first-order valence-electron chi connectivity index (χ1n) is 6.24. The third-order valence-electron chi connectivity index (χ3n) is 2.96.